The van der Waals surface area contributed by atoms with Crippen molar-refractivity contribution in [3.05, 3.63) is 28.8 Å². The van der Waals surface area contributed by atoms with Crippen LogP contribution in [0, 0.1) is 5.92 Å². The molecule has 0 bridgehead atoms. The molecule has 0 radical (unpaired) electrons. The van der Waals surface area contributed by atoms with E-state index in [1.54, 1.807) is 24.1 Å². The Hall–Kier alpha value is -2.08. The third kappa shape index (κ3) is 4.31. The molecular formula is C18H23ClN2O4. The topological polar surface area (TPSA) is 66.9 Å². The Labute approximate surface area is 152 Å². The standard InChI is InChI=1S/C18H23ClN2O4/c1-4-5-8-20(2)17(23)13-10-16(22)21(11-13)15-9-12(18(24)25-3)6-7-14(15)19/h6-7,9,13H,4-5,8,10-11H2,1-3H3. The number of benzene rings is 1. The third-order valence-electron chi connectivity index (χ3n) is 4.36. The molecule has 1 aromatic carbocycles. The van der Waals surface area contributed by atoms with Crippen molar-refractivity contribution in [3.8, 4) is 0 Å². The molecule has 1 unspecified atom stereocenters. The molecule has 1 fully saturated rings. The number of unbranched alkanes of at least 4 members (excludes halogenated alkanes) is 1. The van der Waals surface area contributed by atoms with Gasteiger partial charge in [0.15, 0.2) is 0 Å². The Morgan fingerprint density at radius 2 is 2.12 bits per heavy atom. The Morgan fingerprint density at radius 3 is 2.76 bits per heavy atom. The number of esters is 1. The van der Waals surface area contributed by atoms with Gasteiger partial charge in [0.1, 0.15) is 0 Å². The summed E-state index contributed by atoms with van der Waals surface area (Å²) in [6.45, 7) is 3.01. The number of nitrogens with zero attached hydrogens (tertiary/aromatic N) is 2. The van der Waals surface area contributed by atoms with Gasteiger partial charge in [-0.2, -0.15) is 0 Å². The number of carbonyl (C=O) groups is 3. The Kier molecular flexibility index (Phi) is 6.42. The van der Waals surface area contributed by atoms with Gasteiger partial charge in [-0.1, -0.05) is 24.9 Å². The highest BCUT2D eigenvalue weighted by molar-refractivity contribution is 6.34. The number of carbonyl (C=O) groups excluding carboxylic acids is 3. The summed E-state index contributed by atoms with van der Waals surface area (Å²) in [7, 11) is 3.05. The van der Waals surface area contributed by atoms with Crippen molar-refractivity contribution in [3.63, 3.8) is 0 Å². The van der Waals surface area contributed by atoms with E-state index in [1.165, 1.54) is 18.1 Å². The molecule has 7 heteroatoms. The van der Waals surface area contributed by atoms with Crippen LogP contribution in [0.4, 0.5) is 5.69 Å². The first kappa shape index (κ1) is 19.2. The van der Waals surface area contributed by atoms with Crippen LogP contribution >= 0.6 is 11.6 Å². The van der Waals surface area contributed by atoms with Crippen LogP contribution in [0.1, 0.15) is 36.5 Å². The van der Waals surface area contributed by atoms with Gasteiger partial charge in [-0.05, 0) is 24.6 Å². The fraction of sp³-hybridized carbons (Fsp3) is 0.500. The summed E-state index contributed by atoms with van der Waals surface area (Å²) in [5.41, 5.74) is 0.741. The van der Waals surface area contributed by atoms with E-state index in [0.717, 1.165) is 12.8 Å². The maximum absolute atomic E-state index is 12.5. The lowest BCUT2D eigenvalue weighted by Gasteiger charge is -2.22. The zero-order chi connectivity index (χ0) is 18.6. The van der Waals surface area contributed by atoms with Crippen LogP contribution in [0.25, 0.3) is 0 Å². The third-order valence-corrected chi connectivity index (χ3v) is 4.68. The predicted octanol–water partition coefficient (Wildman–Crippen LogP) is 2.74. The van der Waals surface area contributed by atoms with Crippen LogP contribution in [-0.2, 0) is 14.3 Å². The minimum Gasteiger partial charge on any atom is -0.465 e. The summed E-state index contributed by atoms with van der Waals surface area (Å²) in [5.74, 6) is -1.11. The van der Waals surface area contributed by atoms with Crippen molar-refractivity contribution in [1.82, 2.24) is 4.90 Å². The summed E-state index contributed by atoms with van der Waals surface area (Å²) in [5, 5.41) is 0.355. The van der Waals surface area contributed by atoms with Gasteiger partial charge in [-0.3, -0.25) is 9.59 Å². The highest BCUT2D eigenvalue weighted by Gasteiger charge is 2.37. The normalized spacial score (nSPS) is 16.9. The predicted molar refractivity (Wildman–Crippen MR) is 95.8 cm³/mol. The first-order valence-corrected chi connectivity index (χ1v) is 8.70. The van der Waals surface area contributed by atoms with Crippen molar-refractivity contribution in [2.45, 2.75) is 26.2 Å². The second-order valence-corrected chi connectivity index (χ2v) is 6.58. The lowest BCUT2D eigenvalue weighted by atomic mass is 10.1. The molecule has 2 rings (SSSR count). The fourth-order valence-electron chi connectivity index (χ4n) is 2.89. The van der Waals surface area contributed by atoms with Crippen molar-refractivity contribution in [2.24, 2.45) is 5.92 Å². The van der Waals surface area contributed by atoms with Gasteiger partial charge in [-0.15, -0.1) is 0 Å². The molecule has 136 valence electrons. The van der Waals surface area contributed by atoms with Gasteiger partial charge in [0.05, 0.1) is 29.3 Å². The molecule has 0 N–H and O–H groups in total. The van der Waals surface area contributed by atoms with Gasteiger partial charge in [0, 0.05) is 26.6 Å². The second kappa shape index (κ2) is 8.34. The highest BCUT2D eigenvalue weighted by atomic mass is 35.5. The number of amides is 2. The maximum Gasteiger partial charge on any atom is 0.337 e. The molecule has 6 nitrogen and oxygen atoms in total. The van der Waals surface area contributed by atoms with E-state index in [2.05, 4.69) is 6.92 Å². The zero-order valence-electron chi connectivity index (χ0n) is 14.8. The second-order valence-electron chi connectivity index (χ2n) is 6.18. The molecule has 1 saturated heterocycles. The van der Waals surface area contributed by atoms with Crippen molar-refractivity contribution >= 4 is 35.1 Å². The smallest absolute Gasteiger partial charge is 0.337 e. The molecule has 25 heavy (non-hydrogen) atoms. The van der Waals surface area contributed by atoms with Crippen LogP contribution in [0.3, 0.4) is 0 Å². The number of hydrogen-bond acceptors (Lipinski definition) is 4. The lowest BCUT2D eigenvalue weighted by Crippen LogP contribution is -2.35. The van der Waals surface area contributed by atoms with Crippen molar-refractivity contribution < 1.29 is 19.1 Å². The Balaban J connectivity index is 2.18. The number of hydrogen-bond donors (Lipinski definition) is 0. The molecule has 1 aromatic rings. The summed E-state index contributed by atoms with van der Waals surface area (Å²) in [6.07, 6.45) is 2.08. The Morgan fingerprint density at radius 1 is 1.40 bits per heavy atom. The number of rotatable bonds is 6. The minimum absolute atomic E-state index is 0.0375. The van der Waals surface area contributed by atoms with Crippen LogP contribution in [0.15, 0.2) is 18.2 Å². The minimum atomic E-state index is -0.503. The van der Waals surface area contributed by atoms with Gasteiger partial charge in [-0.25, -0.2) is 4.79 Å². The van der Waals surface area contributed by atoms with Crippen LogP contribution in [0.2, 0.25) is 5.02 Å². The number of anilines is 1. The quantitative estimate of drug-likeness (QED) is 0.726. The van der Waals surface area contributed by atoms with Crippen LogP contribution in [-0.4, -0.2) is 49.9 Å². The van der Waals surface area contributed by atoms with Gasteiger partial charge in [0.25, 0.3) is 0 Å². The van der Waals surface area contributed by atoms with Gasteiger partial charge >= 0.3 is 5.97 Å². The largest absolute Gasteiger partial charge is 0.465 e. The zero-order valence-corrected chi connectivity index (χ0v) is 15.5. The molecule has 1 atom stereocenters. The average molecular weight is 367 g/mol. The van der Waals surface area contributed by atoms with Gasteiger partial charge < -0.3 is 14.5 Å². The molecule has 1 aliphatic heterocycles. The number of methoxy groups -OCH3 is 1. The average Bonchev–Trinajstić information content (AvgIpc) is 3.00. The van der Waals surface area contributed by atoms with Crippen LogP contribution < -0.4 is 4.90 Å². The first-order chi connectivity index (χ1) is 11.9. The maximum atomic E-state index is 12.5. The Bertz CT molecular complexity index is 677. The molecule has 0 aliphatic carbocycles. The lowest BCUT2D eigenvalue weighted by molar-refractivity contribution is -0.134. The van der Waals surface area contributed by atoms with Crippen LogP contribution in [0.5, 0.6) is 0 Å². The summed E-state index contributed by atoms with van der Waals surface area (Å²) >= 11 is 6.21. The van der Waals surface area contributed by atoms with Crippen molar-refractivity contribution in [1.29, 1.82) is 0 Å². The van der Waals surface area contributed by atoms with E-state index >= 15 is 0 Å². The van der Waals surface area contributed by atoms with E-state index < -0.39 is 11.9 Å². The van der Waals surface area contributed by atoms with E-state index in [9.17, 15) is 14.4 Å². The number of halogens is 1. The van der Waals surface area contributed by atoms with E-state index in [4.69, 9.17) is 16.3 Å². The molecule has 2 amide bonds. The highest BCUT2D eigenvalue weighted by Crippen LogP contribution is 2.33. The van der Waals surface area contributed by atoms with E-state index in [1.807, 2.05) is 0 Å². The van der Waals surface area contributed by atoms with Gasteiger partial charge in [0.2, 0.25) is 11.8 Å². The first-order valence-electron chi connectivity index (χ1n) is 8.32. The van der Waals surface area contributed by atoms with E-state index in [-0.39, 0.29) is 24.8 Å². The summed E-state index contributed by atoms with van der Waals surface area (Å²) < 4.78 is 4.70. The SMILES string of the molecule is CCCCN(C)C(=O)C1CC(=O)N(c2cc(C(=O)OC)ccc2Cl)C1. The monoisotopic (exact) mass is 366 g/mol. The molecular weight excluding hydrogens is 344 g/mol. The summed E-state index contributed by atoms with van der Waals surface area (Å²) in [4.78, 5) is 39.8. The van der Waals surface area contributed by atoms with E-state index in [0.29, 0.717) is 22.8 Å². The molecule has 1 heterocycles. The summed E-state index contributed by atoms with van der Waals surface area (Å²) in [6, 6.07) is 4.62. The molecule has 0 aromatic heterocycles. The molecule has 0 saturated carbocycles. The molecule has 1 aliphatic rings. The van der Waals surface area contributed by atoms with Crippen molar-refractivity contribution in [2.75, 3.05) is 32.1 Å². The fourth-order valence-corrected chi connectivity index (χ4v) is 3.11. The molecule has 0 spiro atoms. The number of ether oxygens (including phenoxy) is 1.